The number of hydrogen-bond donors (Lipinski definition) is 0. The van der Waals surface area contributed by atoms with Crippen LogP contribution < -0.4 is 0 Å². The Bertz CT molecular complexity index is 954. The van der Waals surface area contributed by atoms with Gasteiger partial charge in [0, 0.05) is 30.1 Å². The number of amides is 1. The molecule has 0 spiro atoms. The van der Waals surface area contributed by atoms with Crippen LogP contribution in [-0.2, 0) is 6.42 Å². The first kappa shape index (κ1) is 18.4. The monoisotopic (exact) mass is 375 g/mol. The number of rotatable bonds is 4. The van der Waals surface area contributed by atoms with E-state index in [4.69, 9.17) is 4.52 Å². The molecule has 144 valence electrons. The molecular formula is C23H25N3O2. The minimum atomic E-state index is 0.106. The van der Waals surface area contributed by atoms with Crippen molar-refractivity contribution in [3.63, 3.8) is 0 Å². The van der Waals surface area contributed by atoms with Gasteiger partial charge in [-0.2, -0.15) is 4.98 Å². The lowest BCUT2D eigenvalue weighted by molar-refractivity contribution is 0.0710. The molecule has 1 aliphatic heterocycles. The highest BCUT2D eigenvalue weighted by molar-refractivity contribution is 5.94. The smallest absolute Gasteiger partial charge is 0.257 e. The van der Waals surface area contributed by atoms with Gasteiger partial charge in [0.15, 0.2) is 5.82 Å². The highest BCUT2D eigenvalue weighted by Gasteiger charge is 2.27. The third kappa shape index (κ3) is 3.84. The summed E-state index contributed by atoms with van der Waals surface area (Å²) in [5.74, 6) is 1.65. The Morgan fingerprint density at radius 2 is 1.89 bits per heavy atom. The molecule has 0 bridgehead atoms. The molecular weight excluding hydrogens is 350 g/mol. The molecule has 1 aliphatic rings. The first-order valence-corrected chi connectivity index (χ1v) is 9.93. The van der Waals surface area contributed by atoms with Crippen molar-refractivity contribution in [1.82, 2.24) is 15.0 Å². The first-order chi connectivity index (χ1) is 13.6. The number of hydrogen-bond acceptors (Lipinski definition) is 4. The Balaban J connectivity index is 1.39. The van der Waals surface area contributed by atoms with E-state index in [0.29, 0.717) is 19.0 Å². The highest BCUT2D eigenvalue weighted by Crippen LogP contribution is 2.29. The highest BCUT2D eigenvalue weighted by atomic mass is 16.5. The van der Waals surface area contributed by atoms with E-state index in [1.807, 2.05) is 60.4 Å². The Kier molecular flexibility index (Phi) is 5.24. The Hall–Kier alpha value is -2.95. The van der Waals surface area contributed by atoms with E-state index >= 15 is 0 Å². The summed E-state index contributed by atoms with van der Waals surface area (Å²) in [6, 6.07) is 16.0. The fourth-order valence-corrected chi connectivity index (χ4v) is 3.70. The Morgan fingerprint density at radius 1 is 1.14 bits per heavy atom. The second-order valence-corrected chi connectivity index (χ2v) is 7.44. The summed E-state index contributed by atoms with van der Waals surface area (Å²) in [5.41, 5.74) is 4.12. The molecule has 0 unspecified atom stereocenters. The van der Waals surface area contributed by atoms with Crippen LogP contribution in [0.1, 0.15) is 53.0 Å². The third-order valence-electron chi connectivity index (χ3n) is 5.46. The molecule has 28 heavy (non-hydrogen) atoms. The van der Waals surface area contributed by atoms with E-state index < -0.39 is 0 Å². The minimum Gasteiger partial charge on any atom is -0.339 e. The Labute approximate surface area is 165 Å². The average molecular weight is 375 g/mol. The van der Waals surface area contributed by atoms with Crippen LogP contribution in [-0.4, -0.2) is 34.0 Å². The molecule has 0 atom stereocenters. The van der Waals surface area contributed by atoms with Crippen molar-refractivity contribution in [1.29, 1.82) is 0 Å². The molecule has 3 aromatic rings. The zero-order valence-corrected chi connectivity index (χ0v) is 16.4. The second kappa shape index (κ2) is 7.97. The number of benzene rings is 2. The molecule has 0 radical (unpaired) electrons. The molecule has 1 fully saturated rings. The van der Waals surface area contributed by atoms with E-state index in [1.165, 1.54) is 5.56 Å². The number of carbonyl (C=O) groups is 1. The summed E-state index contributed by atoms with van der Waals surface area (Å²) in [7, 11) is 0. The van der Waals surface area contributed by atoms with Crippen LogP contribution in [0.2, 0.25) is 0 Å². The summed E-state index contributed by atoms with van der Waals surface area (Å²) in [5, 5.41) is 4.20. The fourth-order valence-electron chi connectivity index (χ4n) is 3.70. The molecule has 0 aliphatic carbocycles. The maximum atomic E-state index is 12.7. The van der Waals surface area contributed by atoms with Gasteiger partial charge in [-0.05, 0) is 56.0 Å². The lowest BCUT2D eigenvalue weighted by atomic mass is 9.95. The van der Waals surface area contributed by atoms with E-state index in [0.717, 1.165) is 41.8 Å². The molecule has 5 nitrogen and oxygen atoms in total. The van der Waals surface area contributed by atoms with Crippen molar-refractivity contribution in [2.24, 2.45) is 0 Å². The van der Waals surface area contributed by atoms with Crippen LogP contribution in [0.25, 0.3) is 11.5 Å². The standard InChI is InChI=1S/C23H25N3O2/c1-3-17-7-9-19(10-8-17)23(27)26-13-11-18(12-14-26)21-24-22(28-25-21)20-6-4-5-16(2)15-20/h4-10,15,18H,3,11-14H2,1-2H3. The van der Waals surface area contributed by atoms with Gasteiger partial charge in [0.25, 0.3) is 11.8 Å². The van der Waals surface area contributed by atoms with Crippen molar-refractivity contribution in [3.8, 4) is 11.5 Å². The van der Waals surface area contributed by atoms with Crippen LogP contribution in [0.4, 0.5) is 0 Å². The lowest BCUT2D eigenvalue weighted by Crippen LogP contribution is -2.38. The van der Waals surface area contributed by atoms with E-state index in [2.05, 4.69) is 17.1 Å². The fraction of sp³-hybridized carbons (Fsp3) is 0.348. The number of aromatic nitrogens is 2. The number of piperidine rings is 1. The molecule has 2 heterocycles. The molecule has 2 aromatic carbocycles. The molecule has 1 aromatic heterocycles. The summed E-state index contributed by atoms with van der Waals surface area (Å²) in [6.45, 7) is 5.59. The number of carbonyl (C=O) groups excluding carboxylic acids is 1. The summed E-state index contributed by atoms with van der Waals surface area (Å²) < 4.78 is 5.48. The van der Waals surface area contributed by atoms with E-state index in [1.54, 1.807) is 0 Å². The van der Waals surface area contributed by atoms with Gasteiger partial charge in [0.05, 0.1) is 0 Å². The molecule has 0 N–H and O–H groups in total. The van der Waals surface area contributed by atoms with Crippen LogP contribution in [0, 0.1) is 6.92 Å². The van der Waals surface area contributed by atoms with Crippen LogP contribution in [0.15, 0.2) is 53.1 Å². The second-order valence-electron chi connectivity index (χ2n) is 7.44. The minimum absolute atomic E-state index is 0.106. The molecule has 4 rings (SSSR count). The summed E-state index contributed by atoms with van der Waals surface area (Å²) in [6.07, 6.45) is 2.69. The maximum Gasteiger partial charge on any atom is 0.257 e. The zero-order chi connectivity index (χ0) is 19.5. The van der Waals surface area contributed by atoms with Gasteiger partial charge in [-0.25, -0.2) is 0 Å². The van der Waals surface area contributed by atoms with Crippen molar-refractivity contribution in [2.75, 3.05) is 13.1 Å². The van der Waals surface area contributed by atoms with Crippen molar-refractivity contribution >= 4 is 5.91 Å². The zero-order valence-electron chi connectivity index (χ0n) is 16.4. The van der Waals surface area contributed by atoms with Crippen LogP contribution in [0.3, 0.4) is 0 Å². The number of nitrogens with zero attached hydrogens (tertiary/aromatic N) is 3. The van der Waals surface area contributed by atoms with Gasteiger partial charge in [-0.15, -0.1) is 0 Å². The molecule has 1 amide bonds. The molecule has 1 saturated heterocycles. The SMILES string of the molecule is CCc1ccc(C(=O)N2CCC(c3noc(-c4cccc(C)c4)n3)CC2)cc1. The average Bonchev–Trinajstić information content (AvgIpc) is 3.24. The summed E-state index contributed by atoms with van der Waals surface area (Å²) >= 11 is 0. The predicted octanol–water partition coefficient (Wildman–Crippen LogP) is 4.63. The van der Waals surface area contributed by atoms with Crippen molar-refractivity contribution in [2.45, 2.75) is 39.0 Å². The van der Waals surface area contributed by atoms with Gasteiger partial charge in [0.2, 0.25) is 0 Å². The van der Waals surface area contributed by atoms with Crippen molar-refractivity contribution in [3.05, 3.63) is 71.0 Å². The lowest BCUT2D eigenvalue weighted by Gasteiger charge is -2.30. The van der Waals surface area contributed by atoms with Crippen molar-refractivity contribution < 1.29 is 9.32 Å². The first-order valence-electron chi connectivity index (χ1n) is 9.93. The largest absolute Gasteiger partial charge is 0.339 e. The normalized spacial score (nSPS) is 15.0. The van der Waals surface area contributed by atoms with Gasteiger partial charge >= 0.3 is 0 Å². The molecule has 5 heteroatoms. The van der Waals surface area contributed by atoms with Gasteiger partial charge < -0.3 is 9.42 Å². The van der Waals surface area contributed by atoms with Gasteiger partial charge in [0.1, 0.15) is 0 Å². The quantitative estimate of drug-likeness (QED) is 0.667. The summed E-state index contributed by atoms with van der Waals surface area (Å²) in [4.78, 5) is 19.3. The number of likely N-dealkylation sites (tertiary alicyclic amines) is 1. The topological polar surface area (TPSA) is 59.2 Å². The van der Waals surface area contributed by atoms with E-state index in [9.17, 15) is 4.79 Å². The Morgan fingerprint density at radius 3 is 2.57 bits per heavy atom. The van der Waals surface area contributed by atoms with Crippen LogP contribution >= 0.6 is 0 Å². The van der Waals surface area contributed by atoms with Crippen LogP contribution in [0.5, 0.6) is 0 Å². The number of aryl methyl sites for hydroxylation is 2. The maximum absolute atomic E-state index is 12.7. The van der Waals surface area contributed by atoms with E-state index in [-0.39, 0.29) is 11.8 Å². The predicted molar refractivity (Wildman–Crippen MR) is 108 cm³/mol. The van der Waals surface area contributed by atoms with Gasteiger partial charge in [-0.3, -0.25) is 4.79 Å². The van der Waals surface area contributed by atoms with Gasteiger partial charge in [-0.1, -0.05) is 41.9 Å². The molecule has 0 saturated carbocycles. The third-order valence-corrected chi connectivity index (χ3v) is 5.46.